The van der Waals surface area contributed by atoms with Gasteiger partial charge in [-0.05, 0) is 25.5 Å². The Bertz CT molecular complexity index is 1080. The maximum absolute atomic E-state index is 13.9. The summed E-state index contributed by atoms with van der Waals surface area (Å²) in [6.45, 7) is 3.55. The lowest BCUT2D eigenvalue weighted by molar-refractivity contribution is 0.0605. The van der Waals surface area contributed by atoms with Gasteiger partial charge in [0.2, 0.25) is 0 Å². The van der Waals surface area contributed by atoms with Gasteiger partial charge in [0, 0.05) is 17.7 Å². The summed E-state index contributed by atoms with van der Waals surface area (Å²) < 4.78 is 31.6. The van der Waals surface area contributed by atoms with Crippen LogP contribution in [0.3, 0.4) is 0 Å². The number of carbonyl (C=O) groups is 1. The molecule has 0 aliphatic carbocycles. The predicted octanol–water partition coefficient (Wildman–Crippen LogP) is 3.21. The number of hydrogen-bond acceptors (Lipinski definition) is 6. The highest BCUT2D eigenvalue weighted by molar-refractivity contribution is 7.20. The lowest BCUT2D eigenvalue weighted by Gasteiger charge is -2.14. The fourth-order valence-electron chi connectivity index (χ4n) is 2.77. The highest BCUT2D eigenvalue weighted by Gasteiger charge is 2.20. The zero-order chi connectivity index (χ0) is 19.7. The summed E-state index contributed by atoms with van der Waals surface area (Å²) in [5.74, 6) is -1.47. The molecule has 3 aromatic rings. The van der Waals surface area contributed by atoms with Crippen molar-refractivity contribution in [3.63, 3.8) is 0 Å². The maximum atomic E-state index is 13.9. The van der Waals surface area contributed by atoms with E-state index < -0.39 is 23.6 Å². The molecule has 0 saturated carbocycles. The molecular weight excluding hydrogens is 376 g/mol. The lowest BCUT2D eigenvalue weighted by Crippen LogP contribution is -2.22. The van der Waals surface area contributed by atoms with Crippen LogP contribution in [0.1, 0.15) is 39.6 Å². The molecule has 142 valence electrons. The van der Waals surface area contributed by atoms with Crippen molar-refractivity contribution in [1.29, 1.82) is 0 Å². The second-order valence-electron chi connectivity index (χ2n) is 6.01. The Balaban J connectivity index is 1.85. The molecule has 0 aliphatic heterocycles. The summed E-state index contributed by atoms with van der Waals surface area (Å²) in [6.07, 6.45) is 0. The number of benzene rings is 1. The number of halogens is 2. The fourth-order valence-corrected chi connectivity index (χ4v) is 3.89. The van der Waals surface area contributed by atoms with Gasteiger partial charge in [-0.3, -0.25) is 4.79 Å². The van der Waals surface area contributed by atoms with Crippen molar-refractivity contribution in [3.05, 3.63) is 62.0 Å². The second-order valence-corrected chi connectivity index (χ2v) is 7.01. The zero-order valence-corrected chi connectivity index (χ0v) is 15.7. The normalized spacial score (nSPS) is 12.3. The van der Waals surface area contributed by atoms with E-state index in [1.165, 1.54) is 19.2 Å². The van der Waals surface area contributed by atoms with Gasteiger partial charge in [0.05, 0.1) is 19.0 Å². The number of aromatic amines is 1. The topological polar surface area (TPSA) is 84.1 Å². The van der Waals surface area contributed by atoms with Crippen molar-refractivity contribution in [2.75, 3.05) is 7.11 Å². The van der Waals surface area contributed by atoms with Gasteiger partial charge in [0.25, 0.3) is 5.56 Å². The summed E-state index contributed by atoms with van der Waals surface area (Å²) in [4.78, 5) is 32.0. The number of nitrogens with one attached hydrogen (secondary N) is 2. The van der Waals surface area contributed by atoms with E-state index >= 15 is 0 Å². The van der Waals surface area contributed by atoms with Crippen LogP contribution in [0, 0.1) is 18.6 Å². The average molecular weight is 393 g/mol. The molecule has 27 heavy (non-hydrogen) atoms. The van der Waals surface area contributed by atoms with Crippen LogP contribution in [-0.4, -0.2) is 23.0 Å². The molecule has 0 fully saturated rings. The minimum Gasteiger partial charge on any atom is -0.465 e. The molecule has 1 atom stereocenters. The highest BCUT2D eigenvalue weighted by Crippen LogP contribution is 2.27. The van der Waals surface area contributed by atoms with Crippen LogP contribution in [0.5, 0.6) is 0 Å². The van der Waals surface area contributed by atoms with Crippen LogP contribution in [0.25, 0.3) is 10.2 Å². The van der Waals surface area contributed by atoms with Crippen LogP contribution in [0.4, 0.5) is 8.78 Å². The first-order valence-corrected chi connectivity index (χ1v) is 8.92. The van der Waals surface area contributed by atoms with Gasteiger partial charge in [-0.2, -0.15) is 0 Å². The quantitative estimate of drug-likeness (QED) is 0.651. The van der Waals surface area contributed by atoms with Crippen molar-refractivity contribution in [1.82, 2.24) is 15.3 Å². The minimum atomic E-state index is -0.650. The molecule has 0 amide bonds. The number of ether oxygens (including phenoxy) is 1. The number of aromatic nitrogens is 2. The Morgan fingerprint density at radius 1 is 1.41 bits per heavy atom. The summed E-state index contributed by atoms with van der Waals surface area (Å²) in [5, 5.41) is 3.39. The fraction of sp³-hybridized carbons (Fsp3) is 0.278. The van der Waals surface area contributed by atoms with Crippen molar-refractivity contribution in [2.45, 2.75) is 26.4 Å². The number of thiophene rings is 1. The number of nitrogens with zero attached hydrogens (tertiary/aromatic N) is 1. The van der Waals surface area contributed by atoms with Crippen LogP contribution in [-0.2, 0) is 11.3 Å². The minimum absolute atomic E-state index is 0.160. The molecule has 6 nitrogen and oxygen atoms in total. The largest absolute Gasteiger partial charge is 0.465 e. The summed E-state index contributed by atoms with van der Waals surface area (Å²) >= 11 is 1.08. The average Bonchev–Trinajstić information content (AvgIpc) is 2.96. The first-order valence-electron chi connectivity index (χ1n) is 8.10. The van der Waals surface area contributed by atoms with E-state index in [1.807, 2.05) is 0 Å². The maximum Gasteiger partial charge on any atom is 0.348 e. The molecule has 2 heterocycles. The Morgan fingerprint density at radius 3 is 2.81 bits per heavy atom. The standard InChI is InChI=1S/C18H17F2N3O3S/c1-8-14-16(24)22-13(23-17(14)27-15(8)18(25)26-3)7-21-9(2)11-5-4-10(19)6-12(11)20/h4-6,9,21H,7H2,1-3H3,(H,22,23,24)/t9-/m0/s1. The summed E-state index contributed by atoms with van der Waals surface area (Å²) in [5.41, 5.74) is 0.470. The number of rotatable bonds is 5. The first-order chi connectivity index (χ1) is 12.8. The Morgan fingerprint density at radius 2 is 2.15 bits per heavy atom. The van der Waals surface area contributed by atoms with Crippen LogP contribution >= 0.6 is 11.3 Å². The Kier molecular flexibility index (Phi) is 5.33. The number of fused-ring (bicyclic) bond motifs is 1. The first kappa shape index (κ1) is 19.1. The van der Waals surface area contributed by atoms with Gasteiger partial charge in [0.1, 0.15) is 27.2 Å². The molecule has 0 spiro atoms. The lowest BCUT2D eigenvalue weighted by atomic mass is 10.1. The van der Waals surface area contributed by atoms with Crippen LogP contribution in [0.15, 0.2) is 23.0 Å². The molecule has 1 aromatic carbocycles. The molecular formula is C18H17F2N3O3S. The monoisotopic (exact) mass is 393 g/mol. The number of methoxy groups -OCH3 is 1. The Hall–Kier alpha value is -2.65. The molecule has 9 heteroatoms. The van der Waals surface area contributed by atoms with E-state index in [4.69, 9.17) is 4.74 Å². The SMILES string of the molecule is COC(=O)c1sc2nc(CN[C@@H](C)c3ccc(F)cc3F)[nH]c(=O)c2c1C. The van der Waals surface area contributed by atoms with Gasteiger partial charge in [-0.15, -0.1) is 11.3 Å². The second kappa shape index (κ2) is 7.53. The molecule has 0 saturated heterocycles. The molecule has 0 bridgehead atoms. The van der Waals surface area contributed by atoms with Crippen molar-refractivity contribution >= 4 is 27.5 Å². The van der Waals surface area contributed by atoms with Crippen LogP contribution < -0.4 is 10.9 Å². The Labute approximate surface area is 157 Å². The number of esters is 1. The summed E-state index contributed by atoms with van der Waals surface area (Å²) in [7, 11) is 1.27. The van der Waals surface area contributed by atoms with E-state index in [2.05, 4.69) is 15.3 Å². The smallest absolute Gasteiger partial charge is 0.348 e. The van der Waals surface area contributed by atoms with Crippen molar-refractivity contribution in [2.24, 2.45) is 0 Å². The molecule has 2 aromatic heterocycles. The molecule has 2 N–H and O–H groups in total. The number of H-pyrrole nitrogens is 1. The van der Waals surface area contributed by atoms with Gasteiger partial charge < -0.3 is 15.0 Å². The van der Waals surface area contributed by atoms with E-state index in [-0.39, 0.29) is 12.1 Å². The predicted molar refractivity (Wildman–Crippen MR) is 97.9 cm³/mol. The molecule has 0 aliphatic rings. The van der Waals surface area contributed by atoms with Crippen molar-refractivity contribution < 1.29 is 18.3 Å². The summed E-state index contributed by atoms with van der Waals surface area (Å²) in [6, 6.07) is 2.95. The molecule has 0 unspecified atom stereocenters. The highest BCUT2D eigenvalue weighted by atomic mass is 32.1. The van der Waals surface area contributed by atoms with Gasteiger partial charge in [-0.25, -0.2) is 18.6 Å². The third-order valence-electron chi connectivity index (χ3n) is 4.23. The molecule has 0 radical (unpaired) electrons. The zero-order valence-electron chi connectivity index (χ0n) is 14.9. The third kappa shape index (κ3) is 3.74. The van der Waals surface area contributed by atoms with Crippen LogP contribution in [0.2, 0.25) is 0 Å². The van der Waals surface area contributed by atoms with Gasteiger partial charge in [-0.1, -0.05) is 6.07 Å². The van der Waals surface area contributed by atoms with Gasteiger partial charge in [0.15, 0.2) is 0 Å². The van der Waals surface area contributed by atoms with Gasteiger partial charge >= 0.3 is 5.97 Å². The van der Waals surface area contributed by atoms with E-state index in [0.717, 1.165) is 17.4 Å². The van der Waals surface area contributed by atoms with E-state index in [0.29, 0.717) is 32.0 Å². The van der Waals surface area contributed by atoms with Crippen molar-refractivity contribution in [3.8, 4) is 0 Å². The number of carbonyl (C=O) groups excluding carboxylic acids is 1. The number of hydrogen-bond donors (Lipinski definition) is 2. The molecule has 3 rings (SSSR count). The van der Waals surface area contributed by atoms with E-state index in [9.17, 15) is 18.4 Å². The number of aryl methyl sites for hydroxylation is 1. The van der Waals surface area contributed by atoms with E-state index in [1.54, 1.807) is 13.8 Å². The third-order valence-corrected chi connectivity index (χ3v) is 5.39.